The largest absolute Gasteiger partial charge is 0.508 e. The molecule has 0 saturated carbocycles. The molecule has 0 aliphatic carbocycles. The van der Waals surface area contributed by atoms with Crippen LogP contribution in [0.15, 0.2) is 48.7 Å². The lowest BCUT2D eigenvalue weighted by Gasteiger charge is -2.44. The molecule has 10 heteroatoms. The van der Waals surface area contributed by atoms with Gasteiger partial charge in [-0.05, 0) is 70.4 Å². The number of fused-ring (bicyclic) bond motifs is 1. The van der Waals surface area contributed by atoms with E-state index in [0.29, 0.717) is 54.2 Å². The summed E-state index contributed by atoms with van der Waals surface area (Å²) in [5.41, 5.74) is 3.12. The number of aromatic hydroxyl groups is 1. The fourth-order valence-electron chi connectivity index (χ4n) is 6.00. The maximum atomic E-state index is 15.1. The van der Waals surface area contributed by atoms with Gasteiger partial charge in [0.05, 0.1) is 28.0 Å². The van der Waals surface area contributed by atoms with Crippen molar-refractivity contribution in [2.24, 2.45) is 0 Å². The second kappa shape index (κ2) is 11.2. The Hall–Kier alpha value is -3.89. The molecule has 1 N–H and O–H groups in total. The number of ether oxygens (including phenoxy) is 1. The van der Waals surface area contributed by atoms with Gasteiger partial charge in [-0.2, -0.15) is 5.10 Å². The highest BCUT2D eigenvalue weighted by Crippen LogP contribution is 2.34. The molecule has 0 spiro atoms. The molecule has 5 heterocycles. The SMILES string of the molecule is Cc1nn(C2CCCCO2)c2nc(-c3ccc(O)cc3F)cc(C(=O)N3C[C@@H](C)N(Cc4ccccn4)C[C@@H]3C)c12. The molecule has 2 aliphatic heterocycles. The Bertz CT molecular complexity index is 1570. The molecule has 1 unspecified atom stereocenters. The second-order valence-corrected chi connectivity index (χ2v) is 11.2. The van der Waals surface area contributed by atoms with E-state index in [-0.39, 0.29) is 35.5 Å². The summed E-state index contributed by atoms with van der Waals surface area (Å²) in [7, 11) is 0. The minimum Gasteiger partial charge on any atom is -0.508 e. The Kier molecular flexibility index (Phi) is 7.44. The molecule has 6 rings (SSSR count). The number of rotatable bonds is 5. The standard InChI is InChI=1S/C31H35FN6O3/c1-19-17-37(20(2)16-36(19)18-22-8-4-6-12-33-22)31(40)25-15-27(24-11-10-23(39)14-26(24)32)34-30-29(25)21(3)35-38(30)28-9-5-7-13-41-28/h4,6,8,10-12,14-15,19-20,28,39H,5,7,9,13,16-18H2,1-3H3/t19-,20+,28?/m1/s1. The van der Waals surface area contributed by atoms with E-state index in [1.807, 2.05) is 30.0 Å². The summed E-state index contributed by atoms with van der Waals surface area (Å²) in [6.07, 6.45) is 4.27. The van der Waals surface area contributed by atoms with E-state index in [1.165, 1.54) is 12.1 Å². The molecule has 2 aliphatic rings. The number of amides is 1. The van der Waals surface area contributed by atoms with Crippen molar-refractivity contribution in [3.8, 4) is 17.0 Å². The van der Waals surface area contributed by atoms with Gasteiger partial charge < -0.3 is 14.7 Å². The lowest BCUT2D eigenvalue weighted by molar-refractivity contribution is -0.0371. The van der Waals surface area contributed by atoms with Gasteiger partial charge in [0.15, 0.2) is 11.9 Å². The fourth-order valence-corrected chi connectivity index (χ4v) is 6.00. The van der Waals surface area contributed by atoms with Gasteiger partial charge >= 0.3 is 0 Å². The van der Waals surface area contributed by atoms with Crippen LogP contribution in [0.1, 0.15) is 61.1 Å². The van der Waals surface area contributed by atoms with Crippen molar-refractivity contribution in [2.45, 2.75) is 64.9 Å². The van der Waals surface area contributed by atoms with Crippen molar-refractivity contribution in [1.82, 2.24) is 29.5 Å². The van der Waals surface area contributed by atoms with E-state index in [1.54, 1.807) is 16.9 Å². The third kappa shape index (κ3) is 5.29. The van der Waals surface area contributed by atoms with Gasteiger partial charge in [0, 0.05) is 56.2 Å². The number of halogens is 1. The highest BCUT2D eigenvalue weighted by Gasteiger charge is 2.35. The van der Waals surface area contributed by atoms with E-state index >= 15 is 4.39 Å². The van der Waals surface area contributed by atoms with E-state index in [4.69, 9.17) is 14.8 Å². The van der Waals surface area contributed by atoms with E-state index in [0.717, 1.165) is 31.0 Å². The molecule has 4 aromatic rings. The van der Waals surface area contributed by atoms with Crippen LogP contribution in [0.2, 0.25) is 0 Å². The van der Waals surface area contributed by atoms with E-state index in [2.05, 4.69) is 23.7 Å². The summed E-state index contributed by atoms with van der Waals surface area (Å²) in [5, 5.41) is 15.2. The Balaban J connectivity index is 1.40. The Morgan fingerprint density at radius 1 is 1.12 bits per heavy atom. The number of phenols is 1. The predicted octanol–water partition coefficient (Wildman–Crippen LogP) is 5.08. The molecule has 9 nitrogen and oxygen atoms in total. The second-order valence-electron chi connectivity index (χ2n) is 11.2. The first-order chi connectivity index (χ1) is 19.8. The highest BCUT2D eigenvalue weighted by molar-refractivity contribution is 6.07. The molecule has 2 saturated heterocycles. The zero-order valence-electron chi connectivity index (χ0n) is 23.6. The predicted molar refractivity (Wildman–Crippen MR) is 153 cm³/mol. The summed E-state index contributed by atoms with van der Waals surface area (Å²) >= 11 is 0. The molecule has 3 aromatic heterocycles. The third-order valence-corrected chi connectivity index (χ3v) is 8.19. The molecular weight excluding hydrogens is 523 g/mol. The Morgan fingerprint density at radius 2 is 1.98 bits per heavy atom. The number of phenolic OH excluding ortho intramolecular Hbond substituents is 1. The lowest BCUT2D eigenvalue weighted by atomic mass is 10.0. The molecule has 214 valence electrons. The van der Waals surface area contributed by atoms with Crippen LogP contribution in [0.25, 0.3) is 22.3 Å². The number of hydrogen-bond donors (Lipinski definition) is 1. The first kappa shape index (κ1) is 27.3. The summed E-state index contributed by atoms with van der Waals surface area (Å²) in [6.45, 7) is 8.63. The first-order valence-electron chi connectivity index (χ1n) is 14.3. The van der Waals surface area contributed by atoms with Gasteiger partial charge in [-0.25, -0.2) is 14.1 Å². The number of carbonyl (C=O) groups excluding carboxylic acids is 1. The smallest absolute Gasteiger partial charge is 0.255 e. The number of hydrogen-bond acceptors (Lipinski definition) is 7. The quantitative estimate of drug-likeness (QED) is 0.365. The van der Waals surface area contributed by atoms with Crippen LogP contribution in [0.3, 0.4) is 0 Å². The van der Waals surface area contributed by atoms with Gasteiger partial charge in [0.1, 0.15) is 11.6 Å². The van der Waals surface area contributed by atoms with Crippen LogP contribution in [0.4, 0.5) is 4.39 Å². The zero-order chi connectivity index (χ0) is 28.7. The van der Waals surface area contributed by atoms with Gasteiger partial charge in [0.25, 0.3) is 5.91 Å². The third-order valence-electron chi connectivity index (χ3n) is 8.19. The zero-order valence-corrected chi connectivity index (χ0v) is 23.6. The minimum atomic E-state index is -0.614. The Labute approximate surface area is 238 Å². The van der Waals surface area contributed by atoms with Crippen LogP contribution in [0, 0.1) is 12.7 Å². The van der Waals surface area contributed by atoms with Crippen molar-refractivity contribution >= 4 is 16.9 Å². The molecule has 0 bridgehead atoms. The monoisotopic (exact) mass is 558 g/mol. The van der Waals surface area contributed by atoms with E-state index < -0.39 is 5.82 Å². The summed E-state index contributed by atoms with van der Waals surface area (Å²) < 4.78 is 22.8. The topological polar surface area (TPSA) is 96.6 Å². The van der Waals surface area contributed by atoms with Crippen molar-refractivity contribution in [1.29, 1.82) is 0 Å². The number of piperazine rings is 1. The van der Waals surface area contributed by atoms with Gasteiger partial charge in [-0.15, -0.1) is 0 Å². The van der Waals surface area contributed by atoms with Crippen molar-refractivity contribution in [3.05, 3.63) is 71.4 Å². The molecule has 41 heavy (non-hydrogen) atoms. The average Bonchev–Trinajstić information content (AvgIpc) is 3.31. The lowest BCUT2D eigenvalue weighted by Crippen LogP contribution is -2.57. The normalized spacial score (nSPS) is 21.9. The summed E-state index contributed by atoms with van der Waals surface area (Å²) in [6, 6.07) is 11.6. The van der Waals surface area contributed by atoms with Gasteiger partial charge in [-0.3, -0.25) is 14.7 Å². The Morgan fingerprint density at radius 3 is 2.71 bits per heavy atom. The van der Waals surface area contributed by atoms with Gasteiger partial charge in [-0.1, -0.05) is 6.07 Å². The maximum Gasteiger partial charge on any atom is 0.255 e. The number of carbonyl (C=O) groups is 1. The number of benzene rings is 1. The van der Waals surface area contributed by atoms with Crippen LogP contribution in [-0.2, 0) is 11.3 Å². The van der Waals surface area contributed by atoms with Crippen LogP contribution >= 0.6 is 0 Å². The van der Waals surface area contributed by atoms with Gasteiger partial charge in [0.2, 0.25) is 0 Å². The average molecular weight is 559 g/mol. The van der Waals surface area contributed by atoms with Crippen molar-refractivity contribution < 1.29 is 19.0 Å². The first-order valence-corrected chi connectivity index (χ1v) is 14.3. The maximum absolute atomic E-state index is 15.1. The number of pyridine rings is 2. The fraction of sp³-hybridized carbons (Fsp3) is 0.419. The molecular formula is C31H35FN6O3. The minimum absolute atomic E-state index is 0.0588. The van der Waals surface area contributed by atoms with Crippen molar-refractivity contribution in [3.63, 3.8) is 0 Å². The summed E-state index contributed by atoms with van der Waals surface area (Å²) in [4.78, 5) is 27.9. The summed E-state index contributed by atoms with van der Waals surface area (Å²) in [5.74, 6) is -0.925. The number of aryl methyl sites for hydroxylation is 1. The van der Waals surface area contributed by atoms with Crippen LogP contribution in [-0.4, -0.2) is 72.3 Å². The number of nitrogens with zero attached hydrogens (tertiary/aromatic N) is 6. The van der Waals surface area contributed by atoms with E-state index in [9.17, 15) is 9.90 Å². The number of aromatic nitrogens is 4. The van der Waals surface area contributed by atoms with Crippen molar-refractivity contribution in [2.75, 3.05) is 19.7 Å². The molecule has 1 amide bonds. The van der Waals surface area contributed by atoms with Crippen LogP contribution < -0.4 is 0 Å². The highest BCUT2D eigenvalue weighted by atomic mass is 19.1. The molecule has 3 atom stereocenters. The molecule has 1 aromatic carbocycles. The molecule has 0 radical (unpaired) electrons. The van der Waals surface area contributed by atoms with Crippen LogP contribution in [0.5, 0.6) is 5.75 Å². The molecule has 2 fully saturated rings.